The largest absolute Gasteiger partial charge is 0.396 e. The van der Waals surface area contributed by atoms with Gasteiger partial charge >= 0.3 is 0 Å². The molecule has 8 heteroatoms. The molecule has 0 bridgehead atoms. The summed E-state index contributed by atoms with van der Waals surface area (Å²) in [6.07, 6.45) is 1.50. The number of hydrogen-bond donors (Lipinski definition) is 2. The molecule has 0 aliphatic carbocycles. The predicted octanol–water partition coefficient (Wildman–Crippen LogP) is 0.697. The summed E-state index contributed by atoms with van der Waals surface area (Å²) >= 11 is 0. The van der Waals surface area contributed by atoms with Gasteiger partial charge in [0.05, 0.1) is 12.6 Å². The zero-order chi connectivity index (χ0) is 10.7. The van der Waals surface area contributed by atoms with Crippen molar-refractivity contribution in [2.75, 3.05) is 6.61 Å². The van der Waals surface area contributed by atoms with Gasteiger partial charge in [0.25, 0.3) is 0 Å². The topological polar surface area (TPSA) is 123 Å². The number of nitrogens with zero attached hydrogens (tertiary/aromatic N) is 6. The zero-order valence-corrected chi connectivity index (χ0v) is 7.57. The van der Waals surface area contributed by atoms with Gasteiger partial charge in [0.15, 0.2) is 0 Å². The van der Waals surface area contributed by atoms with Crippen LogP contribution in [0.15, 0.2) is 17.4 Å². The summed E-state index contributed by atoms with van der Waals surface area (Å²) in [5.41, 5.74) is 9.95. The molecule has 2 aromatic heterocycles. The van der Waals surface area contributed by atoms with E-state index in [0.717, 1.165) is 0 Å². The molecule has 0 saturated carbocycles. The highest BCUT2D eigenvalue weighted by atomic mass is 16.3. The van der Waals surface area contributed by atoms with Crippen molar-refractivity contribution < 1.29 is 5.11 Å². The molecular formula is C7H7N7O. The number of aromatic amines is 1. The van der Waals surface area contributed by atoms with Crippen molar-refractivity contribution in [2.45, 2.75) is 6.04 Å². The molecule has 0 aliphatic heterocycles. The molecule has 2 aromatic rings. The van der Waals surface area contributed by atoms with E-state index in [1.165, 1.54) is 6.20 Å². The lowest BCUT2D eigenvalue weighted by Crippen LogP contribution is -2.00. The molecule has 2 N–H and O–H groups in total. The molecule has 0 spiro atoms. The van der Waals surface area contributed by atoms with Gasteiger partial charge in [-0.2, -0.15) is 10.3 Å². The molecular weight excluding hydrogens is 198 g/mol. The second kappa shape index (κ2) is 3.91. The number of pyridine rings is 1. The summed E-state index contributed by atoms with van der Waals surface area (Å²) in [7, 11) is 0. The first-order valence-electron chi connectivity index (χ1n) is 4.16. The second-order valence-corrected chi connectivity index (χ2v) is 2.84. The van der Waals surface area contributed by atoms with Crippen LogP contribution in [0.25, 0.3) is 21.6 Å². The smallest absolute Gasteiger partial charge is 0.201 e. The Labute approximate surface area is 83.6 Å². The summed E-state index contributed by atoms with van der Waals surface area (Å²) in [6.45, 7) is -0.269. The van der Waals surface area contributed by atoms with Gasteiger partial charge in [-0.3, -0.25) is 0 Å². The van der Waals surface area contributed by atoms with Crippen molar-refractivity contribution in [2.24, 2.45) is 5.11 Å². The number of aliphatic hydroxyl groups excluding tert-OH is 1. The highest BCUT2D eigenvalue weighted by Gasteiger charge is 2.10. The minimum Gasteiger partial charge on any atom is -0.396 e. The molecule has 15 heavy (non-hydrogen) atoms. The highest BCUT2D eigenvalue weighted by Crippen LogP contribution is 2.18. The van der Waals surface area contributed by atoms with Crippen LogP contribution in [0.1, 0.15) is 11.6 Å². The van der Waals surface area contributed by atoms with E-state index >= 15 is 0 Å². The lowest BCUT2D eigenvalue weighted by molar-refractivity contribution is 0.268. The lowest BCUT2D eigenvalue weighted by Gasteiger charge is -2.05. The van der Waals surface area contributed by atoms with Crippen molar-refractivity contribution in [1.29, 1.82) is 0 Å². The number of aliphatic hydroxyl groups is 1. The Balaban J connectivity index is 2.45. The number of H-pyrrole nitrogens is 1. The number of rotatable bonds is 3. The molecule has 0 aromatic carbocycles. The van der Waals surface area contributed by atoms with Crippen LogP contribution in [0.2, 0.25) is 0 Å². The fourth-order valence-electron chi connectivity index (χ4n) is 1.21. The van der Waals surface area contributed by atoms with Gasteiger partial charge in [0, 0.05) is 11.1 Å². The summed E-state index contributed by atoms with van der Waals surface area (Å²) in [4.78, 5) is 6.64. The fourth-order valence-corrected chi connectivity index (χ4v) is 1.21. The summed E-state index contributed by atoms with van der Waals surface area (Å²) in [6, 6.07) is 1.03. The van der Waals surface area contributed by atoms with Gasteiger partial charge in [-0.25, -0.2) is 4.98 Å². The monoisotopic (exact) mass is 205 g/mol. The van der Waals surface area contributed by atoms with Gasteiger partial charge in [0.1, 0.15) is 5.52 Å². The molecule has 76 valence electrons. The maximum absolute atomic E-state index is 9.00. The maximum Gasteiger partial charge on any atom is 0.201 e. The minimum atomic E-state index is -0.636. The Kier molecular flexibility index (Phi) is 2.44. The van der Waals surface area contributed by atoms with E-state index in [1.807, 2.05) is 0 Å². The zero-order valence-electron chi connectivity index (χ0n) is 7.57. The van der Waals surface area contributed by atoms with E-state index in [-0.39, 0.29) is 6.61 Å². The first-order chi connectivity index (χ1) is 7.35. The van der Waals surface area contributed by atoms with Crippen molar-refractivity contribution >= 4 is 11.2 Å². The Bertz CT molecular complexity index is 515. The van der Waals surface area contributed by atoms with E-state index in [1.54, 1.807) is 6.07 Å². The highest BCUT2D eigenvalue weighted by molar-refractivity contribution is 5.69. The Morgan fingerprint density at radius 1 is 1.60 bits per heavy atom. The molecule has 0 aliphatic rings. The number of azide groups is 1. The van der Waals surface area contributed by atoms with Crippen molar-refractivity contribution in [3.8, 4) is 0 Å². The maximum atomic E-state index is 9.00. The SMILES string of the molecule is [N-]=[N+]=NC(CO)c1cnc2n[nH]nc2c1. The van der Waals surface area contributed by atoms with Crippen molar-refractivity contribution in [3.05, 3.63) is 28.3 Å². The average Bonchev–Trinajstić information content (AvgIpc) is 2.72. The Morgan fingerprint density at radius 2 is 2.47 bits per heavy atom. The predicted molar refractivity (Wildman–Crippen MR) is 50.7 cm³/mol. The van der Waals surface area contributed by atoms with Crippen LogP contribution in [-0.4, -0.2) is 32.1 Å². The van der Waals surface area contributed by atoms with Crippen molar-refractivity contribution in [1.82, 2.24) is 20.4 Å². The summed E-state index contributed by atoms with van der Waals surface area (Å²) in [5, 5.41) is 22.5. The van der Waals surface area contributed by atoms with Crippen LogP contribution < -0.4 is 0 Å². The lowest BCUT2D eigenvalue weighted by atomic mass is 10.1. The molecule has 8 nitrogen and oxygen atoms in total. The molecule has 0 radical (unpaired) electrons. The fraction of sp³-hybridized carbons (Fsp3) is 0.286. The first-order valence-corrected chi connectivity index (χ1v) is 4.16. The molecule has 2 rings (SSSR count). The standard InChI is InChI=1S/C7H7N7O/c8-13-10-6(3-15)4-1-5-7(9-2-4)12-14-11-5/h1-2,6,15H,3H2,(H,9,11,12,14). The van der Waals surface area contributed by atoms with Crippen LogP contribution in [0.3, 0.4) is 0 Å². The van der Waals surface area contributed by atoms with Crippen LogP contribution in [-0.2, 0) is 0 Å². The van der Waals surface area contributed by atoms with E-state index in [0.29, 0.717) is 16.7 Å². The number of fused-ring (bicyclic) bond motifs is 1. The molecule has 1 atom stereocenters. The first kappa shape index (κ1) is 9.38. The normalized spacial score (nSPS) is 12.3. The van der Waals surface area contributed by atoms with Gasteiger partial charge < -0.3 is 5.11 Å². The number of nitrogens with one attached hydrogen (secondary N) is 1. The van der Waals surface area contributed by atoms with Crippen molar-refractivity contribution in [3.63, 3.8) is 0 Å². The summed E-state index contributed by atoms with van der Waals surface area (Å²) < 4.78 is 0. The van der Waals surface area contributed by atoms with Crippen LogP contribution in [0.5, 0.6) is 0 Å². The quantitative estimate of drug-likeness (QED) is 0.434. The minimum absolute atomic E-state index is 0.269. The third-order valence-electron chi connectivity index (χ3n) is 1.94. The molecule has 2 heterocycles. The number of hydrogen-bond acceptors (Lipinski definition) is 5. The Hall–Kier alpha value is -2.18. The molecule has 0 fully saturated rings. The third-order valence-corrected chi connectivity index (χ3v) is 1.94. The van der Waals surface area contributed by atoms with Gasteiger partial charge in [0.2, 0.25) is 5.65 Å². The van der Waals surface area contributed by atoms with Gasteiger partial charge in [-0.1, -0.05) is 5.11 Å². The summed E-state index contributed by atoms with van der Waals surface area (Å²) in [5.74, 6) is 0. The molecule has 0 amide bonds. The van der Waals surface area contributed by atoms with Crippen LogP contribution in [0, 0.1) is 0 Å². The van der Waals surface area contributed by atoms with E-state index in [9.17, 15) is 0 Å². The van der Waals surface area contributed by atoms with Gasteiger partial charge in [-0.15, -0.1) is 5.10 Å². The van der Waals surface area contributed by atoms with E-state index in [2.05, 4.69) is 30.4 Å². The Morgan fingerprint density at radius 3 is 3.20 bits per heavy atom. The van der Waals surface area contributed by atoms with E-state index in [4.69, 9.17) is 10.6 Å². The molecule has 1 unspecified atom stereocenters. The second-order valence-electron chi connectivity index (χ2n) is 2.84. The van der Waals surface area contributed by atoms with Gasteiger partial charge in [-0.05, 0) is 17.2 Å². The third kappa shape index (κ3) is 1.71. The molecule has 0 saturated heterocycles. The number of aromatic nitrogens is 4. The van der Waals surface area contributed by atoms with E-state index < -0.39 is 6.04 Å². The van der Waals surface area contributed by atoms with Crippen LogP contribution in [0.4, 0.5) is 0 Å². The van der Waals surface area contributed by atoms with Crippen LogP contribution >= 0.6 is 0 Å². The average molecular weight is 205 g/mol.